The molecule has 3 aliphatic heterocycles. The average Bonchev–Trinajstić information content (AvgIpc) is 3.67. The van der Waals surface area contributed by atoms with Crippen molar-refractivity contribution in [3.05, 3.63) is 29.3 Å². The zero-order chi connectivity index (χ0) is 24.6. The zero-order valence-corrected chi connectivity index (χ0v) is 21.1. The van der Waals surface area contributed by atoms with Crippen LogP contribution >= 0.6 is 0 Å². The number of hydrogen-bond donors (Lipinski definition) is 1. The fourth-order valence-corrected chi connectivity index (χ4v) is 6.74. The van der Waals surface area contributed by atoms with Gasteiger partial charge in [-0.3, -0.25) is 24.6 Å². The van der Waals surface area contributed by atoms with Crippen LogP contribution in [0.5, 0.6) is 0 Å². The summed E-state index contributed by atoms with van der Waals surface area (Å²) in [5, 5.41) is 2.42. The second kappa shape index (κ2) is 10.1. The van der Waals surface area contributed by atoms with Gasteiger partial charge in [-0.15, -0.1) is 0 Å². The molecule has 1 unspecified atom stereocenters. The lowest BCUT2D eigenvalue weighted by atomic mass is 9.88. The molecule has 0 aromatic heterocycles. The molecule has 2 saturated heterocycles. The number of carbonyl (C=O) groups is 3. The van der Waals surface area contributed by atoms with Crippen LogP contribution in [0.15, 0.2) is 18.2 Å². The summed E-state index contributed by atoms with van der Waals surface area (Å²) < 4.78 is 5.56. The number of piperidine rings is 1. The van der Waals surface area contributed by atoms with Crippen LogP contribution in [-0.2, 0) is 20.9 Å². The molecule has 8 heteroatoms. The normalized spacial score (nSPS) is 29.3. The average molecular weight is 495 g/mol. The molecule has 1 atom stereocenters. The van der Waals surface area contributed by atoms with Gasteiger partial charge in [0.1, 0.15) is 6.04 Å². The Bertz CT molecular complexity index is 1010. The van der Waals surface area contributed by atoms with Gasteiger partial charge in [0.15, 0.2) is 0 Å². The summed E-state index contributed by atoms with van der Waals surface area (Å²) in [6.07, 6.45) is 9.32. The van der Waals surface area contributed by atoms with Crippen LogP contribution in [0, 0.1) is 5.92 Å². The van der Waals surface area contributed by atoms with Crippen LogP contribution in [0.3, 0.4) is 0 Å². The number of nitrogens with one attached hydrogen (secondary N) is 1. The standard InChI is InChI=1S/C28H38N4O4/c33-26-11-10-25(27(34)29-26)32-18-23-22(28(32)35)2-1-3-24(23)31(13-12-19-4-5-19)21-8-6-20(7-9-21)30-14-16-36-17-15-30/h1-3,19-21,25H,4-18H2,(H,29,33,34). The first-order valence-electron chi connectivity index (χ1n) is 13.9. The van der Waals surface area contributed by atoms with E-state index in [-0.39, 0.29) is 24.1 Å². The molecular weight excluding hydrogens is 456 g/mol. The Hall–Kier alpha value is -2.45. The Morgan fingerprint density at radius 2 is 1.75 bits per heavy atom. The van der Waals surface area contributed by atoms with Gasteiger partial charge in [-0.2, -0.15) is 0 Å². The minimum Gasteiger partial charge on any atom is -0.379 e. The van der Waals surface area contributed by atoms with Crippen molar-refractivity contribution in [3.63, 3.8) is 0 Å². The number of amides is 3. The molecule has 1 aromatic rings. The summed E-state index contributed by atoms with van der Waals surface area (Å²) in [6.45, 7) is 5.26. The van der Waals surface area contributed by atoms with Crippen LogP contribution in [0.1, 0.15) is 73.7 Å². The first-order chi connectivity index (χ1) is 17.6. The minimum absolute atomic E-state index is 0.0838. The Labute approximate surface area is 213 Å². The number of hydrogen-bond acceptors (Lipinski definition) is 6. The van der Waals surface area contributed by atoms with E-state index in [9.17, 15) is 14.4 Å². The molecule has 1 N–H and O–H groups in total. The maximum Gasteiger partial charge on any atom is 0.255 e. The van der Waals surface area contributed by atoms with Crippen molar-refractivity contribution >= 4 is 23.4 Å². The number of benzene rings is 1. The number of ether oxygens (including phenoxy) is 1. The Kier molecular flexibility index (Phi) is 6.73. The highest BCUT2D eigenvalue weighted by Crippen LogP contribution is 2.39. The van der Waals surface area contributed by atoms with E-state index >= 15 is 0 Å². The number of nitrogens with zero attached hydrogens (tertiary/aromatic N) is 3. The molecule has 5 aliphatic rings. The van der Waals surface area contributed by atoms with Crippen molar-refractivity contribution in [3.8, 4) is 0 Å². The molecule has 0 radical (unpaired) electrons. The SMILES string of the molecule is O=C1CCC(N2Cc3c(cccc3N(CCC3CC3)C3CCC(N4CCOCC4)CC3)C2=O)C(=O)N1. The topological polar surface area (TPSA) is 82.2 Å². The molecule has 2 aliphatic carbocycles. The molecule has 3 amide bonds. The predicted molar refractivity (Wildman–Crippen MR) is 136 cm³/mol. The second-order valence-corrected chi connectivity index (χ2v) is 11.2. The first-order valence-corrected chi connectivity index (χ1v) is 13.9. The maximum atomic E-state index is 13.4. The zero-order valence-electron chi connectivity index (χ0n) is 21.1. The predicted octanol–water partition coefficient (Wildman–Crippen LogP) is 2.70. The Balaban J connectivity index is 1.21. The third kappa shape index (κ3) is 4.77. The molecular formula is C28H38N4O4. The largest absolute Gasteiger partial charge is 0.379 e. The fourth-order valence-electron chi connectivity index (χ4n) is 6.74. The summed E-state index contributed by atoms with van der Waals surface area (Å²) in [5.41, 5.74) is 2.94. The van der Waals surface area contributed by atoms with Crippen LogP contribution in [0.4, 0.5) is 5.69 Å². The molecule has 4 fully saturated rings. The first kappa shape index (κ1) is 23.9. The van der Waals surface area contributed by atoms with Gasteiger partial charge < -0.3 is 14.5 Å². The van der Waals surface area contributed by atoms with E-state index in [0.29, 0.717) is 25.0 Å². The van der Waals surface area contributed by atoms with Gasteiger partial charge in [0.2, 0.25) is 11.8 Å². The monoisotopic (exact) mass is 494 g/mol. The van der Waals surface area contributed by atoms with Crippen LogP contribution < -0.4 is 10.2 Å². The van der Waals surface area contributed by atoms with E-state index in [1.54, 1.807) is 4.90 Å². The van der Waals surface area contributed by atoms with E-state index in [1.807, 2.05) is 12.1 Å². The van der Waals surface area contributed by atoms with E-state index in [2.05, 4.69) is 21.2 Å². The highest BCUT2D eigenvalue weighted by Gasteiger charge is 2.41. The van der Waals surface area contributed by atoms with Crippen LogP contribution in [0.2, 0.25) is 0 Å². The summed E-state index contributed by atoms with van der Waals surface area (Å²) in [7, 11) is 0. The summed E-state index contributed by atoms with van der Waals surface area (Å²) in [6, 6.07) is 6.65. The third-order valence-electron chi connectivity index (χ3n) is 9.01. The highest BCUT2D eigenvalue weighted by atomic mass is 16.5. The van der Waals surface area contributed by atoms with Gasteiger partial charge in [0.05, 0.1) is 13.2 Å². The number of anilines is 1. The van der Waals surface area contributed by atoms with Crippen molar-refractivity contribution in [2.45, 2.75) is 82.5 Å². The fraction of sp³-hybridized carbons (Fsp3) is 0.679. The molecule has 2 saturated carbocycles. The Morgan fingerprint density at radius 1 is 0.972 bits per heavy atom. The van der Waals surface area contributed by atoms with Crippen LogP contribution in [-0.4, -0.2) is 78.5 Å². The van der Waals surface area contributed by atoms with Gasteiger partial charge in [0.25, 0.3) is 5.91 Å². The number of rotatable bonds is 7. The molecule has 0 bridgehead atoms. The van der Waals surface area contributed by atoms with Crippen molar-refractivity contribution in [2.24, 2.45) is 5.92 Å². The second-order valence-electron chi connectivity index (χ2n) is 11.2. The molecule has 3 heterocycles. The summed E-state index contributed by atoms with van der Waals surface area (Å²) in [4.78, 5) is 44.5. The number of carbonyl (C=O) groups excluding carboxylic acids is 3. The van der Waals surface area contributed by atoms with Crippen molar-refractivity contribution < 1.29 is 19.1 Å². The molecule has 0 spiro atoms. The Morgan fingerprint density at radius 3 is 2.47 bits per heavy atom. The van der Waals surface area contributed by atoms with Gasteiger partial charge in [0, 0.05) is 61.5 Å². The van der Waals surface area contributed by atoms with E-state index in [4.69, 9.17) is 4.74 Å². The highest BCUT2D eigenvalue weighted by molar-refractivity contribution is 6.06. The molecule has 36 heavy (non-hydrogen) atoms. The van der Waals surface area contributed by atoms with Gasteiger partial charge in [-0.25, -0.2) is 0 Å². The number of imide groups is 1. The third-order valence-corrected chi connectivity index (χ3v) is 9.01. The smallest absolute Gasteiger partial charge is 0.255 e. The van der Waals surface area contributed by atoms with Crippen molar-refractivity contribution in [1.82, 2.24) is 15.1 Å². The summed E-state index contributed by atoms with van der Waals surface area (Å²) >= 11 is 0. The maximum absolute atomic E-state index is 13.4. The molecule has 8 nitrogen and oxygen atoms in total. The summed E-state index contributed by atoms with van der Waals surface area (Å²) in [5.74, 6) is 0.163. The van der Waals surface area contributed by atoms with Gasteiger partial charge >= 0.3 is 0 Å². The molecule has 6 rings (SSSR count). The lowest BCUT2D eigenvalue weighted by Crippen LogP contribution is -2.52. The molecule has 1 aromatic carbocycles. The number of morpholine rings is 1. The quantitative estimate of drug-likeness (QED) is 0.587. The lowest BCUT2D eigenvalue weighted by Gasteiger charge is -2.43. The van der Waals surface area contributed by atoms with E-state index < -0.39 is 6.04 Å². The van der Waals surface area contributed by atoms with E-state index in [0.717, 1.165) is 49.9 Å². The molecule has 194 valence electrons. The minimum atomic E-state index is -0.570. The van der Waals surface area contributed by atoms with Gasteiger partial charge in [-0.1, -0.05) is 18.9 Å². The lowest BCUT2D eigenvalue weighted by molar-refractivity contribution is -0.136. The van der Waals surface area contributed by atoms with Crippen molar-refractivity contribution in [2.75, 3.05) is 37.7 Å². The van der Waals surface area contributed by atoms with Crippen LogP contribution in [0.25, 0.3) is 0 Å². The van der Waals surface area contributed by atoms with E-state index in [1.165, 1.54) is 50.6 Å². The van der Waals surface area contributed by atoms with Gasteiger partial charge in [-0.05, 0) is 56.6 Å². The number of fused-ring (bicyclic) bond motifs is 1. The van der Waals surface area contributed by atoms with Crippen molar-refractivity contribution in [1.29, 1.82) is 0 Å².